The van der Waals surface area contributed by atoms with Gasteiger partial charge in [0.2, 0.25) is 0 Å². The van der Waals surface area contributed by atoms with Gasteiger partial charge < -0.3 is 4.74 Å². The molecule has 1 amide bonds. The number of likely N-dealkylation sites (N-methyl/N-ethyl adjacent to an activating group) is 1. The molecule has 17 heavy (non-hydrogen) atoms. The van der Waals surface area contributed by atoms with Crippen molar-refractivity contribution in [1.29, 1.82) is 5.26 Å². The van der Waals surface area contributed by atoms with Gasteiger partial charge in [-0.05, 0) is 18.6 Å². The normalized spacial score (nSPS) is 20.2. The summed E-state index contributed by atoms with van der Waals surface area (Å²) < 4.78 is 5.58. The average molecular weight is 231 g/mol. The zero-order valence-electron chi connectivity index (χ0n) is 9.75. The lowest BCUT2D eigenvalue weighted by molar-refractivity contribution is -0.127. The third-order valence-electron chi connectivity index (χ3n) is 2.87. The van der Waals surface area contributed by atoms with Crippen molar-refractivity contribution in [3.8, 4) is 11.8 Å². The van der Waals surface area contributed by atoms with Crippen molar-refractivity contribution in [2.75, 3.05) is 11.9 Å². The summed E-state index contributed by atoms with van der Waals surface area (Å²) in [5.74, 6) is 0.401. The molecule has 1 aliphatic rings. The smallest absolute Gasteiger partial charge is 0.270 e. The number of hydrogen-bond acceptors (Lipinski definition) is 4. The number of fused-ring (bicyclic) bond motifs is 1. The van der Waals surface area contributed by atoms with Crippen LogP contribution in [0, 0.1) is 17.2 Å². The first-order valence-corrected chi connectivity index (χ1v) is 5.48. The summed E-state index contributed by atoms with van der Waals surface area (Å²) in [5, 5.41) is 9.01. The fourth-order valence-electron chi connectivity index (χ4n) is 1.84. The highest BCUT2D eigenvalue weighted by Crippen LogP contribution is 2.32. The van der Waals surface area contributed by atoms with E-state index in [9.17, 15) is 4.79 Å². The summed E-state index contributed by atoms with van der Waals surface area (Å²) in [6.07, 6.45) is 1.45. The van der Waals surface area contributed by atoms with Crippen molar-refractivity contribution in [2.24, 2.45) is 5.92 Å². The van der Waals surface area contributed by atoms with Crippen molar-refractivity contribution in [2.45, 2.75) is 19.4 Å². The Morgan fingerprint density at radius 2 is 2.47 bits per heavy atom. The summed E-state index contributed by atoms with van der Waals surface area (Å²) in [7, 11) is 1.65. The van der Waals surface area contributed by atoms with Gasteiger partial charge >= 0.3 is 0 Å². The van der Waals surface area contributed by atoms with Crippen molar-refractivity contribution in [1.82, 2.24) is 4.98 Å². The van der Waals surface area contributed by atoms with Crippen LogP contribution in [0.25, 0.3) is 0 Å². The van der Waals surface area contributed by atoms with Crippen LogP contribution < -0.4 is 9.64 Å². The Labute approximate surface area is 99.6 Å². The van der Waals surface area contributed by atoms with Gasteiger partial charge in [-0.2, -0.15) is 5.26 Å². The molecule has 1 aromatic heterocycles. The molecule has 1 aromatic rings. The zero-order chi connectivity index (χ0) is 12.4. The van der Waals surface area contributed by atoms with E-state index in [1.54, 1.807) is 25.4 Å². The van der Waals surface area contributed by atoms with Gasteiger partial charge in [-0.1, -0.05) is 6.92 Å². The summed E-state index contributed by atoms with van der Waals surface area (Å²) in [6.45, 7) is 1.86. The van der Waals surface area contributed by atoms with Gasteiger partial charge in [0.1, 0.15) is 0 Å². The van der Waals surface area contributed by atoms with E-state index in [2.05, 4.69) is 11.1 Å². The Bertz CT molecular complexity index is 481. The third-order valence-corrected chi connectivity index (χ3v) is 2.87. The quantitative estimate of drug-likeness (QED) is 0.770. The summed E-state index contributed by atoms with van der Waals surface area (Å²) in [6, 6.07) is 5.61. The third kappa shape index (κ3) is 1.82. The molecule has 2 rings (SSSR count). The van der Waals surface area contributed by atoms with Crippen LogP contribution in [0.3, 0.4) is 0 Å². The van der Waals surface area contributed by atoms with E-state index in [0.717, 1.165) is 0 Å². The van der Waals surface area contributed by atoms with Crippen molar-refractivity contribution in [3.63, 3.8) is 0 Å². The molecule has 5 nitrogen and oxygen atoms in total. The maximum Gasteiger partial charge on any atom is 0.270 e. The fourth-order valence-corrected chi connectivity index (χ4v) is 1.84. The fraction of sp³-hybridized carbons (Fsp3) is 0.417. The number of nitrogens with zero attached hydrogens (tertiary/aromatic N) is 3. The lowest BCUT2D eigenvalue weighted by Crippen LogP contribution is -2.47. The number of hydrogen-bond donors (Lipinski definition) is 0. The second-order valence-electron chi connectivity index (χ2n) is 3.90. The molecule has 0 saturated carbocycles. The highest BCUT2D eigenvalue weighted by Gasteiger charge is 2.37. The molecule has 0 aliphatic carbocycles. The Kier molecular flexibility index (Phi) is 2.96. The molecule has 0 N–H and O–H groups in total. The molecule has 2 heterocycles. The van der Waals surface area contributed by atoms with E-state index in [0.29, 0.717) is 18.0 Å². The van der Waals surface area contributed by atoms with E-state index in [1.807, 2.05) is 6.92 Å². The lowest BCUT2D eigenvalue weighted by Gasteiger charge is -2.32. The van der Waals surface area contributed by atoms with Gasteiger partial charge in [0.25, 0.3) is 5.91 Å². The molecule has 0 aromatic carbocycles. The molecular formula is C12H13N3O2. The number of nitriles is 1. The van der Waals surface area contributed by atoms with E-state index >= 15 is 0 Å². The summed E-state index contributed by atoms with van der Waals surface area (Å²) in [4.78, 5) is 17.6. The number of aromatic nitrogens is 1. The predicted octanol–water partition coefficient (Wildman–Crippen LogP) is 1.36. The number of anilines is 1. The SMILES string of the molecule is CCC(C#N)C1Oc2cccnc2N(C)C1=O. The van der Waals surface area contributed by atoms with Gasteiger partial charge in [-0.3, -0.25) is 9.69 Å². The second kappa shape index (κ2) is 4.42. The number of rotatable bonds is 2. The molecular weight excluding hydrogens is 218 g/mol. The van der Waals surface area contributed by atoms with Crippen LogP contribution in [0.5, 0.6) is 5.75 Å². The van der Waals surface area contributed by atoms with Gasteiger partial charge in [-0.25, -0.2) is 4.98 Å². The molecule has 0 bridgehead atoms. The van der Waals surface area contributed by atoms with Gasteiger partial charge in [0.05, 0.1) is 12.0 Å². The molecule has 0 spiro atoms. The highest BCUT2D eigenvalue weighted by molar-refractivity contribution is 5.98. The van der Waals surface area contributed by atoms with Gasteiger partial charge in [-0.15, -0.1) is 0 Å². The van der Waals surface area contributed by atoms with Gasteiger partial charge in [0, 0.05) is 13.2 Å². The van der Waals surface area contributed by atoms with Crippen LogP contribution >= 0.6 is 0 Å². The molecule has 88 valence electrons. The largest absolute Gasteiger partial charge is 0.475 e. The average Bonchev–Trinajstić information content (AvgIpc) is 2.37. The minimum Gasteiger partial charge on any atom is -0.475 e. The van der Waals surface area contributed by atoms with E-state index in [-0.39, 0.29) is 5.91 Å². The van der Waals surface area contributed by atoms with E-state index in [1.165, 1.54) is 4.90 Å². The Morgan fingerprint density at radius 3 is 3.12 bits per heavy atom. The topological polar surface area (TPSA) is 66.2 Å². The van der Waals surface area contributed by atoms with E-state index < -0.39 is 12.0 Å². The van der Waals surface area contributed by atoms with Crippen LogP contribution in [0.4, 0.5) is 5.82 Å². The number of ether oxygens (including phenoxy) is 1. The zero-order valence-corrected chi connectivity index (χ0v) is 9.75. The van der Waals surface area contributed by atoms with Crippen LogP contribution in [0.1, 0.15) is 13.3 Å². The maximum absolute atomic E-state index is 12.1. The van der Waals surface area contributed by atoms with Gasteiger partial charge in [0.15, 0.2) is 17.7 Å². The molecule has 5 heteroatoms. The Morgan fingerprint density at radius 1 is 1.71 bits per heavy atom. The standard InChI is InChI=1S/C12H13N3O2/c1-3-8(7-13)10-12(16)15(2)11-9(17-10)5-4-6-14-11/h4-6,8,10H,3H2,1-2H3. The summed E-state index contributed by atoms with van der Waals surface area (Å²) >= 11 is 0. The molecule has 1 aliphatic heterocycles. The highest BCUT2D eigenvalue weighted by atomic mass is 16.5. The number of carbonyl (C=O) groups is 1. The van der Waals surface area contributed by atoms with Crippen molar-refractivity contribution < 1.29 is 9.53 Å². The van der Waals surface area contributed by atoms with Crippen molar-refractivity contribution in [3.05, 3.63) is 18.3 Å². The van der Waals surface area contributed by atoms with Crippen LogP contribution in [0.2, 0.25) is 0 Å². The molecule has 0 fully saturated rings. The first-order chi connectivity index (χ1) is 8.19. The number of carbonyl (C=O) groups excluding carboxylic acids is 1. The molecule has 0 saturated heterocycles. The predicted molar refractivity (Wildman–Crippen MR) is 61.5 cm³/mol. The summed E-state index contributed by atoms with van der Waals surface area (Å²) in [5.41, 5.74) is 0. The Balaban J connectivity index is 2.38. The molecule has 0 radical (unpaired) electrons. The van der Waals surface area contributed by atoms with E-state index in [4.69, 9.17) is 10.00 Å². The van der Waals surface area contributed by atoms with Crippen molar-refractivity contribution >= 4 is 11.7 Å². The monoisotopic (exact) mass is 231 g/mol. The number of pyridine rings is 1. The second-order valence-corrected chi connectivity index (χ2v) is 3.90. The minimum atomic E-state index is -0.730. The first-order valence-electron chi connectivity index (χ1n) is 5.48. The molecule has 2 atom stereocenters. The van der Waals surface area contributed by atoms with Crippen LogP contribution in [-0.4, -0.2) is 24.0 Å². The van der Waals surface area contributed by atoms with Crippen LogP contribution in [0.15, 0.2) is 18.3 Å². The number of amides is 1. The first kappa shape index (κ1) is 11.4. The molecule has 2 unspecified atom stereocenters. The maximum atomic E-state index is 12.1. The lowest BCUT2D eigenvalue weighted by atomic mass is 9.99. The van der Waals surface area contributed by atoms with Crippen LogP contribution in [-0.2, 0) is 4.79 Å². The minimum absolute atomic E-state index is 0.218. The Hall–Kier alpha value is -2.09.